The molecule has 1 heterocycles. The summed E-state index contributed by atoms with van der Waals surface area (Å²) in [6.07, 6.45) is 1.42. The van der Waals surface area contributed by atoms with Gasteiger partial charge < -0.3 is 4.74 Å². The third kappa shape index (κ3) is 2.74. The largest absolute Gasteiger partial charge is 0.437 e. The topological polar surface area (TPSA) is 35.0 Å². The van der Waals surface area contributed by atoms with Crippen molar-refractivity contribution in [2.24, 2.45) is 0 Å². The highest BCUT2D eigenvalue weighted by Gasteiger charge is 2.10. The van der Waals surface area contributed by atoms with E-state index < -0.39 is 0 Å². The average molecular weight is 283 g/mol. The minimum absolute atomic E-state index is 0.108. The van der Waals surface area contributed by atoms with Crippen LogP contribution in [0.15, 0.2) is 18.3 Å². The fraction of sp³-hybridized carbons (Fsp3) is 0.231. The number of aryl methyl sites for hydroxylation is 2. The standard InChI is InChI=1S/C13H12Cl2N2O/c1-7-4-8(2)9(3)11(5-7)18-12-10(14)6-16-13(15)17-12/h4-6H,1-3H3. The number of ether oxygens (including phenoxy) is 1. The van der Waals surface area contributed by atoms with Crippen molar-refractivity contribution in [2.75, 3.05) is 0 Å². The van der Waals surface area contributed by atoms with Gasteiger partial charge in [0.05, 0.1) is 6.20 Å². The molecule has 0 unspecified atom stereocenters. The van der Waals surface area contributed by atoms with Crippen molar-refractivity contribution in [1.82, 2.24) is 9.97 Å². The minimum atomic E-state index is 0.108. The maximum absolute atomic E-state index is 5.97. The summed E-state index contributed by atoms with van der Waals surface area (Å²) in [5.74, 6) is 0.994. The van der Waals surface area contributed by atoms with Gasteiger partial charge in [0.25, 0.3) is 0 Å². The van der Waals surface area contributed by atoms with Crippen molar-refractivity contribution in [3.05, 3.63) is 45.3 Å². The molecule has 2 rings (SSSR count). The maximum Gasteiger partial charge on any atom is 0.242 e. The number of halogens is 2. The minimum Gasteiger partial charge on any atom is -0.437 e. The molecule has 0 aliphatic carbocycles. The van der Waals surface area contributed by atoms with E-state index in [1.165, 1.54) is 6.20 Å². The van der Waals surface area contributed by atoms with Crippen molar-refractivity contribution < 1.29 is 4.74 Å². The number of hydrogen-bond donors (Lipinski definition) is 0. The summed E-state index contributed by atoms with van der Waals surface area (Å²) in [6, 6.07) is 4.03. The van der Waals surface area contributed by atoms with Crippen LogP contribution in [-0.4, -0.2) is 9.97 Å². The molecule has 0 saturated heterocycles. The summed E-state index contributed by atoms with van der Waals surface area (Å²) in [6.45, 7) is 6.03. The van der Waals surface area contributed by atoms with E-state index in [-0.39, 0.29) is 11.2 Å². The average Bonchev–Trinajstić information content (AvgIpc) is 2.30. The van der Waals surface area contributed by atoms with E-state index in [2.05, 4.69) is 16.0 Å². The van der Waals surface area contributed by atoms with E-state index in [0.29, 0.717) is 5.02 Å². The molecule has 18 heavy (non-hydrogen) atoms. The molecule has 2 aromatic rings. The van der Waals surface area contributed by atoms with Gasteiger partial charge in [-0.1, -0.05) is 17.7 Å². The van der Waals surface area contributed by atoms with Crippen LogP contribution in [-0.2, 0) is 0 Å². The van der Waals surface area contributed by atoms with Gasteiger partial charge in [0.2, 0.25) is 11.2 Å². The summed E-state index contributed by atoms with van der Waals surface area (Å²) < 4.78 is 5.71. The van der Waals surface area contributed by atoms with E-state index >= 15 is 0 Å². The summed E-state index contributed by atoms with van der Waals surface area (Å²) in [4.78, 5) is 7.75. The molecule has 1 aromatic carbocycles. The second-order valence-corrected chi connectivity index (χ2v) is 4.84. The van der Waals surface area contributed by atoms with E-state index in [1.807, 2.05) is 26.8 Å². The van der Waals surface area contributed by atoms with Crippen molar-refractivity contribution in [3.63, 3.8) is 0 Å². The zero-order valence-electron chi connectivity index (χ0n) is 10.3. The smallest absolute Gasteiger partial charge is 0.242 e. The first-order chi connectivity index (χ1) is 8.47. The SMILES string of the molecule is Cc1cc(C)c(C)c(Oc2nc(Cl)ncc2Cl)c1. The van der Waals surface area contributed by atoms with Gasteiger partial charge >= 0.3 is 0 Å². The van der Waals surface area contributed by atoms with Gasteiger partial charge in [-0.05, 0) is 55.1 Å². The number of benzene rings is 1. The van der Waals surface area contributed by atoms with E-state index in [0.717, 1.165) is 22.4 Å². The molecule has 0 bridgehead atoms. The Morgan fingerprint density at radius 2 is 1.83 bits per heavy atom. The summed E-state index contributed by atoms with van der Waals surface area (Å²) in [5.41, 5.74) is 3.32. The van der Waals surface area contributed by atoms with Gasteiger partial charge in [-0.3, -0.25) is 0 Å². The molecular weight excluding hydrogens is 271 g/mol. The van der Waals surface area contributed by atoms with Crippen LogP contribution in [0.5, 0.6) is 11.6 Å². The van der Waals surface area contributed by atoms with Crippen molar-refractivity contribution >= 4 is 23.2 Å². The molecule has 1 aromatic heterocycles. The second-order valence-electron chi connectivity index (χ2n) is 4.10. The highest BCUT2D eigenvalue weighted by molar-refractivity contribution is 6.32. The predicted octanol–water partition coefficient (Wildman–Crippen LogP) is 4.50. The lowest BCUT2D eigenvalue weighted by molar-refractivity contribution is 0.457. The molecule has 0 saturated carbocycles. The van der Waals surface area contributed by atoms with Crippen LogP contribution in [0.3, 0.4) is 0 Å². The lowest BCUT2D eigenvalue weighted by Gasteiger charge is -2.12. The normalized spacial score (nSPS) is 10.5. The van der Waals surface area contributed by atoms with Crippen molar-refractivity contribution in [1.29, 1.82) is 0 Å². The highest BCUT2D eigenvalue weighted by atomic mass is 35.5. The van der Waals surface area contributed by atoms with Gasteiger partial charge in [0, 0.05) is 0 Å². The Kier molecular flexibility index (Phi) is 3.73. The molecule has 94 valence electrons. The van der Waals surface area contributed by atoms with Gasteiger partial charge in [0.1, 0.15) is 10.8 Å². The maximum atomic E-state index is 5.97. The van der Waals surface area contributed by atoms with E-state index in [1.54, 1.807) is 0 Å². The fourth-order valence-corrected chi connectivity index (χ4v) is 1.87. The molecule has 0 aliphatic rings. The summed E-state index contributed by atoms with van der Waals surface area (Å²) >= 11 is 11.7. The first-order valence-corrected chi connectivity index (χ1v) is 6.16. The Balaban J connectivity index is 2.43. The molecule has 3 nitrogen and oxygen atoms in total. The highest BCUT2D eigenvalue weighted by Crippen LogP contribution is 2.31. The predicted molar refractivity (Wildman–Crippen MR) is 72.8 cm³/mol. The summed E-state index contributed by atoms with van der Waals surface area (Å²) in [5, 5.41) is 0.439. The van der Waals surface area contributed by atoms with Gasteiger partial charge in [-0.2, -0.15) is 4.98 Å². The number of hydrogen-bond acceptors (Lipinski definition) is 3. The van der Waals surface area contributed by atoms with Crippen LogP contribution < -0.4 is 4.74 Å². The summed E-state index contributed by atoms with van der Waals surface area (Å²) in [7, 11) is 0. The van der Waals surface area contributed by atoms with Gasteiger partial charge in [-0.15, -0.1) is 0 Å². The van der Waals surface area contributed by atoms with Crippen LogP contribution in [0.4, 0.5) is 0 Å². The number of nitrogens with zero attached hydrogens (tertiary/aromatic N) is 2. The monoisotopic (exact) mass is 282 g/mol. The van der Waals surface area contributed by atoms with Gasteiger partial charge in [0.15, 0.2) is 0 Å². The Morgan fingerprint density at radius 3 is 2.56 bits per heavy atom. The lowest BCUT2D eigenvalue weighted by atomic mass is 10.1. The van der Waals surface area contributed by atoms with Crippen molar-refractivity contribution in [3.8, 4) is 11.6 Å². The molecule has 0 amide bonds. The van der Waals surface area contributed by atoms with Crippen LogP contribution in [0.2, 0.25) is 10.3 Å². The number of aromatic nitrogens is 2. The molecule has 0 atom stereocenters. The van der Waals surface area contributed by atoms with Crippen molar-refractivity contribution in [2.45, 2.75) is 20.8 Å². The van der Waals surface area contributed by atoms with Crippen LogP contribution in [0.25, 0.3) is 0 Å². The molecule has 0 radical (unpaired) electrons. The molecule has 0 aliphatic heterocycles. The number of rotatable bonds is 2. The van der Waals surface area contributed by atoms with Crippen LogP contribution in [0, 0.1) is 20.8 Å². The lowest BCUT2D eigenvalue weighted by Crippen LogP contribution is -1.95. The molecule has 5 heteroatoms. The first kappa shape index (κ1) is 13.1. The fourth-order valence-electron chi connectivity index (χ4n) is 1.61. The Hall–Kier alpha value is -1.32. The third-order valence-electron chi connectivity index (χ3n) is 2.65. The first-order valence-electron chi connectivity index (χ1n) is 5.41. The van der Waals surface area contributed by atoms with Crippen LogP contribution >= 0.6 is 23.2 Å². The molecule has 0 N–H and O–H groups in total. The molecule has 0 fully saturated rings. The zero-order chi connectivity index (χ0) is 13.3. The third-order valence-corrected chi connectivity index (χ3v) is 3.09. The Bertz CT molecular complexity index is 600. The Morgan fingerprint density at radius 1 is 1.11 bits per heavy atom. The quantitative estimate of drug-likeness (QED) is 0.761. The zero-order valence-corrected chi connectivity index (χ0v) is 11.8. The van der Waals surface area contributed by atoms with E-state index in [4.69, 9.17) is 27.9 Å². The van der Waals surface area contributed by atoms with E-state index in [9.17, 15) is 0 Å². The van der Waals surface area contributed by atoms with Crippen LogP contribution in [0.1, 0.15) is 16.7 Å². The Labute approximate surface area is 116 Å². The molecular formula is C13H12Cl2N2O. The molecule has 0 spiro atoms. The second kappa shape index (κ2) is 5.12. The van der Waals surface area contributed by atoms with Gasteiger partial charge in [-0.25, -0.2) is 4.98 Å².